The van der Waals surface area contributed by atoms with Gasteiger partial charge in [-0.25, -0.2) is 4.79 Å². The molecule has 3 N–H and O–H groups in total. The normalized spacial score (nSPS) is 19.9. The Morgan fingerprint density at radius 1 is 1.06 bits per heavy atom. The second-order valence-corrected chi connectivity index (χ2v) is 8.58. The third kappa shape index (κ3) is 5.17. The fraction of sp³-hybridized carbons (Fsp3) is 0.400. The number of hydrogen-bond acceptors (Lipinski definition) is 5. The monoisotopic (exact) mass is 452 g/mol. The van der Waals surface area contributed by atoms with Crippen LogP contribution in [0.2, 0.25) is 0 Å². The van der Waals surface area contributed by atoms with Gasteiger partial charge in [0.1, 0.15) is 6.61 Å². The number of carbonyl (C=O) groups excluding carboxylic acids is 2. The molecule has 4 rings (SSSR count). The number of benzene rings is 2. The highest BCUT2D eigenvalue weighted by Crippen LogP contribution is 2.44. The number of alkyl carbamates (subject to hydrolysis) is 1. The van der Waals surface area contributed by atoms with Crippen molar-refractivity contribution in [1.82, 2.24) is 10.6 Å². The maximum atomic E-state index is 12.3. The van der Waals surface area contributed by atoms with Crippen LogP contribution >= 0.6 is 0 Å². The van der Waals surface area contributed by atoms with Gasteiger partial charge < -0.3 is 25.2 Å². The van der Waals surface area contributed by atoms with Crippen molar-refractivity contribution >= 4 is 18.0 Å². The van der Waals surface area contributed by atoms with Gasteiger partial charge in [0, 0.05) is 19.0 Å². The molecule has 2 aromatic carbocycles. The SMILES string of the molecule is CC(CNC(=O)OCC1c2ccccc2-c2ccccc21)C(=O)NC[C@H]1C[C@@H](C(=O)O)CO1. The van der Waals surface area contributed by atoms with Crippen molar-refractivity contribution in [2.75, 3.05) is 26.3 Å². The highest BCUT2D eigenvalue weighted by Gasteiger charge is 2.31. The van der Waals surface area contributed by atoms with Gasteiger partial charge in [-0.1, -0.05) is 55.5 Å². The van der Waals surface area contributed by atoms with E-state index < -0.39 is 23.9 Å². The fourth-order valence-electron chi connectivity index (χ4n) is 4.39. The molecule has 0 radical (unpaired) electrons. The van der Waals surface area contributed by atoms with E-state index in [4.69, 9.17) is 14.6 Å². The van der Waals surface area contributed by atoms with E-state index >= 15 is 0 Å². The topological polar surface area (TPSA) is 114 Å². The van der Waals surface area contributed by atoms with Gasteiger partial charge in [-0.2, -0.15) is 0 Å². The van der Waals surface area contributed by atoms with Gasteiger partial charge in [0.15, 0.2) is 0 Å². The van der Waals surface area contributed by atoms with Crippen LogP contribution in [0.5, 0.6) is 0 Å². The first-order valence-corrected chi connectivity index (χ1v) is 11.1. The molecule has 1 heterocycles. The van der Waals surface area contributed by atoms with Crippen molar-refractivity contribution in [3.05, 3.63) is 59.7 Å². The van der Waals surface area contributed by atoms with Crippen LogP contribution < -0.4 is 10.6 Å². The predicted octanol–water partition coefficient (Wildman–Crippen LogP) is 2.77. The Bertz CT molecular complexity index is 994. The van der Waals surface area contributed by atoms with E-state index in [0.29, 0.717) is 6.42 Å². The number of carboxylic acid groups (broad SMARTS) is 1. The number of fused-ring (bicyclic) bond motifs is 3. The number of hydrogen-bond donors (Lipinski definition) is 3. The summed E-state index contributed by atoms with van der Waals surface area (Å²) >= 11 is 0. The van der Waals surface area contributed by atoms with Crippen molar-refractivity contribution in [1.29, 1.82) is 0 Å². The first-order chi connectivity index (χ1) is 15.9. The van der Waals surface area contributed by atoms with Crippen LogP contribution in [0, 0.1) is 11.8 Å². The van der Waals surface area contributed by atoms with Crippen molar-refractivity contribution in [3.8, 4) is 11.1 Å². The molecule has 8 heteroatoms. The van der Waals surface area contributed by atoms with Crippen molar-refractivity contribution in [2.45, 2.75) is 25.4 Å². The Morgan fingerprint density at radius 3 is 2.30 bits per heavy atom. The summed E-state index contributed by atoms with van der Waals surface area (Å²) in [4.78, 5) is 35.6. The summed E-state index contributed by atoms with van der Waals surface area (Å²) in [5.74, 6) is -2.15. The minimum atomic E-state index is -0.885. The van der Waals surface area contributed by atoms with Gasteiger partial charge in [-0.05, 0) is 28.7 Å². The molecule has 1 saturated heterocycles. The van der Waals surface area contributed by atoms with Crippen LogP contribution in [-0.4, -0.2) is 55.5 Å². The summed E-state index contributed by atoms with van der Waals surface area (Å²) < 4.78 is 10.9. The second-order valence-electron chi connectivity index (χ2n) is 8.58. The lowest BCUT2D eigenvalue weighted by Gasteiger charge is -2.17. The average Bonchev–Trinajstić information content (AvgIpc) is 3.43. The molecule has 8 nitrogen and oxygen atoms in total. The van der Waals surface area contributed by atoms with Crippen LogP contribution in [0.3, 0.4) is 0 Å². The quantitative estimate of drug-likeness (QED) is 0.568. The van der Waals surface area contributed by atoms with E-state index in [-0.39, 0.29) is 44.2 Å². The van der Waals surface area contributed by atoms with Gasteiger partial charge in [0.25, 0.3) is 0 Å². The van der Waals surface area contributed by atoms with Gasteiger partial charge >= 0.3 is 12.1 Å². The van der Waals surface area contributed by atoms with Gasteiger partial charge in [-0.15, -0.1) is 0 Å². The molecule has 0 aromatic heterocycles. The molecule has 1 unspecified atom stereocenters. The van der Waals surface area contributed by atoms with E-state index in [1.54, 1.807) is 6.92 Å². The van der Waals surface area contributed by atoms with E-state index in [2.05, 4.69) is 34.9 Å². The number of amides is 2. The third-order valence-corrected chi connectivity index (χ3v) is 6.28. The van der Waals surface area contributed by atoms with Crippen molar-refractivity contribution in [2.24, 2.45) is 11.8 Å². The van der Waals surface area contributed by atoms with Crippen LogP contribution in [0.1, 0.15) is 30.4 Å². The Labute approximate surface area is 192 Å². The molecule has 3 atom stereocenters. The van der Waals surface area contributed by atoms with Crippen LogP contribution in [0.15, 0.2) is 48.5 Å². The van der Waals surface area contributed by atoms with Gasteiger partial charge in [-0.3, -0.25) is 9.59 Å². The summed E-state index contributed by atoms with van der Waals surface area (Å²) in [6, 6.07) is 16.2. The minimum Gasteiger partial charge on any atom is -0.481 e. The fourth-order valence-corrected chi connectivity index (χ4v) is 4.39. The molecule has 0 saturated carbocycles. The lowest BCUT2D eigenvalue weighted by atomic mass is 9.98. The smallest absolute Gasteiger partial charge is 0.407 e. The van der Waals surface area contributed by atoms with Crippen molar-refractivity contribution < 1.29 is 29.0 Å². The molecule has 0 bridgehead atoms. The molecule has 2 aliphatic rings. The zero-order valence-corrected chi connectivity index (χ0v) is 18.5. The highest BCUT2D eigenvalue weighted by atomic mass is 16.5. The Hall–Kier alpha value is -3.39. The second kappa shape index (κ2) is 10.0. The van der Waals surface area contributed by atoms with Gasteiger partial charge in [0.05, 0.1) is 24.5 Å². The largest absolute Gasteiger partial charge is 0.481 e. The number of aliphatic carboxylic acids is 1. The summed E-state index contributed by atoms with van der Waals surface area (Å²) in [5.41, 5.74) is 4.60. The standard InChI is InChI=1S/C25H28N2O6/c1-15(23(28)26-12-17-10-16(13-32-17)24(29)30)11-27-25(31)33-14-22-20-8-4-2-6-18(20)19-7-3-5-9-21(19)22/h2-9,15-17,22H,10-14H2,1H3,(H,26,28)(H,27,31)(H,29,30)/t15?,16-,17-/m1/s1. The third-order valence-electron chi connectivity index (χ3n) is 6.28. The number of rotatable bonds is 8. The molecule has 2 amide bonds. The summed E-state index contributed by atoms with van der Waals surface area (Å²) in [6.07, 6.45) is -0.501. The van der Waals surface area contributed by atoms with E-state index in [9.17, 15) is 14.4 Å². The predicted molar refractivity (Wildman–Crippen MR) is 121 cm³/mol. The zero-order chi connectivity index (χ0) is 23.4. The number of nitrogens with one attached hydrogen (secondary N) is 2. The number of carbonyl (C=O) groups is 3. The van der Waals surface area contributed by atoms with E-state index in [0.717, 1.165) is 22.3 Å². The molecule has 2 aromatic rings. The molecular formula is C25H28N2O6. The minimum absolute atomic E-state index is 0.0232. The number of ether oxygens (including phenoxy) is 2. The summed E-state index contributed by atoms with van der Waals surface area (Å²) in [6.45, 7) is 2.46. The lowest BCUT2D eigenvalue weighted by Crippen LogP contribution is -2.40. The maximum absolute atomic E-state index is 12.3. The molecule has 1 fully saturated rings. The Morgan fingerprint density at radius 2 is 1.70 bits per heavy atom. The molecule has 1 aliphatic heterocycles. The van der Waals surface area contributed by atoms with Crippen molar-refractivity contribution in [3.63, 3.8) is 0 Å². The molecule has 174 valence electrons. The lowest BCUT2D eigenvalue weighted by molar-refractivity contribution is -0.141. The first-order valence-electron chi connectivity index (χ1n) is 11.1. The molecular weight excluding hydrogens is 424 g/mol. The van der Waals surface area contributed by atoms with Crippen LogP contribution in [0.25, 0.3) is 11.1 Å². The van der Waals surface area contributed by atoms with Crippen LogP contribution in [0.4, 0.5) is 4.79 Å². The Kier molecular flexibility index (Phi) is 6.93. The Balaban J connectivity index is 1.21. The number of carboxylic acids is 1. The molecule has 33 heavy (non-hydrogen) atoms. The van der Waals surface area contributed by atoms with Crippen LogP contribution in [-0.2, 0) is 19.1 Å². The average molecular weight is 453 g/mol. The first kappa shape index (κ1) is 22.8. The molecule has 1 aliphatic carbocycles. The zero-order valence-electron chi connectivity index (χ0n) is 18.5. The highest BCUT2D eigenvalue weighted by molar-refractivity contribution is 5.80. The summed E-state index contributed by atoms with van der Waals surface area (Å²) in [7, 11) is 0. The van der Waals surface area contributed by atoms with E-state index in [1.165, 1.54) is 0 Å². The van der Waals surface area contributed by atoms with Gasteiger partial charge in [0.2, 0.25) is 5.91 Å². The van der Waals surface area contributed by atoms with E-state index in [1.807, 2.05) is 24.3 Å². The molecule has 0 spiro atoms. The maximum Gasteiger partial charge on any atom is 0.407 e. The summed E-state index contributed by atoms with van der Waals surface area (Å²) in [5, 5.41) is 14.4.